The fraction of sp³-hybridized carbons (Fsp3) is 0.300. The molecule has 1 atom stereocenters. The van der Waals surface area contributed by atoms with Crippen LogP contribution >= 0.6 is 0 Å². The first-order valence-electron chi connectivity index (χ1n) is 4.54. The van der Waals surface area contributed by atoms with E-state index in [-0.39, 0.29) is 6.04 Å². The van der Waals surface area contributed by atoms with Crippen LogP contribution in [-0.2, 0) is 11.5 Å². The molecule has 1 aliphatic heterocycles. The van der Waals surface area contributed by atoms with Gasteiger partial charge < -0.3 is 4.55 Å². The minimum atomic E-state index is -1.27. The summed E-state index contributed by atoms with van der Waals surface area (Å²) >= 11 is -1.27. The summed E-state index contributed by atoms with van der Waals surface area (Å²) in [7, 11) is 0. The SMILES string of the molecule is CC(C)N1C=c2ccccc2=N[S+]1[O-]. The third-order valence-electron chi connectivity index (χ3n) is 2.07. The quantitative estimate of drug-likeness (QED) is 0.625. The highest BCUT2D eigenvalue weighted by Gasteiger charge is 2.21. The summed E-state index contributed by atoms with van der Waals surface area (Å²) < 4.78 is 17.5. The van der Waals surface area contributed by atoms with E-state index < -0.39 is 11.5 Å². The van der Waals surface area contributed by atoms with Crippen molar-refractivity contribution < 1.29 is 4.55 Å². The van der Waals surface area contributed by atoms with E-state index in [1.807, 2.05) is 44.3 Å². The molecule has 2 rings (SSSR count). The molecule has 0 fully saturated rings. The molecule has 1 heterocycles. The van der Waals surface area contributed by atoms with Gasteiger partial charge in [0.2, 0.25) is 11.5 Å². The summed E-state index contributed by atoms with van der Waals surface area (Å²) in [5.41, 5.74) is 0. The summed E-state index contributed by atoms with van der Waals surface area (Å²) in [6.07, 6.45) is 1.91. The van der Waals surface area contributed by atoms with Crippen molar-refractivity contribution in [2.45, 2.75) is 19.9 Å². The molecule has 0 spiro atoms. The van der Waals surface area contributed by atoms with E-state index in [0.29, 0.717) is 0 Å². The molecule has 74 valence electrons. The third-order valence-corrected chi connectivity index (χ3v) is 3.31. The highest BCUT2D eigenvalue weighted by Crippen LogP contribution is 2.09. The monoisotopic (exact) mass is 208 g/mol. The van der Waals surface area contributed by atoms with Crippen LogP contribution < -0.4 is 10.6 Å². The van der Waals surface area contributed by atoms with Crippen molar-refractivity contribution in [3.05, 3.63) is 34.8 Å². The summed E-state index contributed by atoms with van der Waals surface area (Å²) in [5, 5.41) is 1.84. The van der Waals surface area contributed by atoms with Gasteiger partial charge in [-0.15, -0.1) is 0 Å². The Kier molecular flexibility index (Phi) is 2.48. The van der Waals surface area contributed by atoms with Crippen molar-refractivity contribution in [3.8, 4) is 0 Å². The van der Waals surface area contributed by atoms with Crippen molar-refractivity contribution >= 4 is 17.7 Å². The minimum Gasteiger partial charge on any atom is -0.566 e. The first kappa shape index (κ1) is 9.55. The van der Waals surface area contributed by atoms with Crippen LogP contribution in [0, 0.1) is 0 Å². The van der Waals surface area contributed by atoms with Crippen LogP contribution in [0.15, 0.2) is 28.7 Å². The standard InChI is InChI=1S/C10H12N2OS/c1-8(2)12-7-9-5-3-4-6-10(9)11-14(12)13/h3-8H,1-2H3. The zero-order valence-corrected chi connectivity index (χ0v) is 8.99. The molecule has 0 N–H and O–H groups in total. The van der Waals surface area contributed by atoms with E-state index in [2.05, 4.69) is 4.40 Å². The average molecular weight is 208 g/mol. The van der Waals surface area contributed by atoms with Gasteiger partial charge in [-0.05, 0) is 24.3 Å². The molecule has 0 saturated heterocycles. The highest BCUT2D eigenvalue weighted by atomic mass is 32.2. The van der Waals surface area contributed by atoms with Crippen molar-refractivity contribution in [2.75, 3.05) is 0 Å². The lowest BCUT2D eigenvalue weighted by Gasteiger charge is -2.23. The molecule has 0 aliphatic carbocycles. The largest absolute Gasteiger partial charge is 0.566 e. The first-order chi connectivity index (χ1) is 6.68. The van der Waals surface area contributed by atoms with Gasteiger partial charge >= 0.3 is 0 Å². The van der Waals surface area contributed by atoms with Crippen molar-refractivity contribution in [3.63, 3.8) is 0 Å². The van der Waals surface area contributed by atoms with Crippen LogP contribution in [0.3, 0.4) is 0 Å². The first-order valence-corrected chi connectivity index (χ1v) is 5.61. The summed E-state index contributed by atoms with van der Waals surface area (Å²) in [6.45, 7) is 4.00. The van der Waals surface area contributed by atoms with Crippen LogP contribution in [0.1, 0.15) is 13.8 Å². The van der Waals surface area contributed by atoms with Crippen molar-refractivity contribution in [1.29, 1.82) is 0 Å². The molecule has 1 unspecified atom stereocenters. The Balaban J connectivity index is 2.55. The van der Waals surface area contributed by atoms with Gasteiger partial charge in [-0.1, -0.05) is 18.2 Å². The van der Waals surface area contributed by atoms with E-state index in [9.17, 15) is 4.55 Å². The lowest BCUT2D eigenvalue weighted by atomic mass is 10.3. The second-order valence-corrected chi connectivity index (χ2v) is 4.53. The number of hydrogen-bond donors (Lipinski definition) is 0. The van der Waals surface area contributed by atoms with Crippen LogP contribution in [0.2, 0.25) is 0 Å². The van der Waals surface area contributed by atoms with Gasteiger partial charge in [0.05, 0.1) is 12.2 Å². The minimum absolute atomic E-state index is 0.202. The number of fused-ring (bicyclic) bond motifs is 1. The molecule has 0 saturated carbocycles. The lowest BCUT2D eigenvalue weighted by molar-refractivity contribution is 0.463. The molecule has 1 aliphatic rings. The molecular formula is C10H12N2OS. The fourth-order valence-electron chi connectivity index (χ4n) is 1.32. The molecule has 0 bridgehead atoms. The zero-order valence-electron chi connectivity index (χ0n) is 8.18. The van der Waals surface area contributed by atoms with E-state index in [1.54, 1.807) is 4.31 Å². The smallest absolute Gasteiger partial charge is 0.222 e. The Morgan fingerprint density at radius 1 is 1.36 bits per heavy atom. The number of rotatable bonds is 1. The molecule has 1 aromatic rings. The number of hydrogen-bond acceptors (Lipinski definition) is 3. The van der Waals surface area contributed by atoms with Crippen LogP contribution in [0.4, 0.5) is 0 Å². The average Bonchev–Trinajstić information content (AvgIpc) is 2.16. The molecule has 1 aromatic carbocycles. The van der Waals surface area contributed by atoms with Gasteiger partial charge in [-0.25, -0.2) is 0 Å². The third kappa shape index (κ3) is 1.63. The number of benzene rings is 1. The normalized spacial score (nSPS) is 20.0. The highest BCUT2D eigenvalue weighted by molar-refractivity contribution is 7.87. The predicted octanol–water partition coefficient (Wildman–Crippen LogP) is 0.347. The van der Waals surface area contributed by atoms with Gasteiger partial charge in [0, 0.05) is 5.22 Å². The molecular weight excluding hydrogens is 196 g/mol. The summed E-state index contributed by atoms with van der Waals surface area (Å²) in [4.78, 5) is 0. The molecule has 0 radical (unpaired) electrons. The fourth-order valence-corrected chi connectivity index (χ4v) is 2.32. The Labute approximate surface area is 86.2 Å². The Morgan fingerprint density at radius 3 is 2.79 bits per heavy atom. The van der Waals surface area contributed by atoms with E-state index >= 15 is 0 Å². The maximum absolute atomic E-state index is 11.6. The van der Waals surface area contributed by atoms with Crippen LogP contribution in [0.5, 0.6) is 0 Å². The van der Waals surface area contributed by atoms with Crippen molar-refractivity contribution in [2.24, 2.45) is 4.40 Å². The van der Waals surface area contributed by atoms with E-state index in [0.717, 1.165) is 10.6 Å². The van der Waals surface area contributed by atoms with Crippen LogP contribution in [0.25, 0.3) is 6.20 Å². The van der Waals surface area contributed by atoms with Gasteiger partial charge in [-0.2, -0.15) is 4.31 Å². The molecule has 14 heavy (non-hydrogen) atoms. The summed E-state index contributed by atoms with van der Waals surface area (Å²) in [6, 6.07) is 7.91. The van der Waals surface area contributed by atoms with Gasteiger partial charge in [-0.3, -0.25) is 0 Å². The maximum Gasteiger partial charge on any atom is 0.222 e. The van der Waals surface area contributed by atoms with Gasteiger partial charge in [0.15, 0.2) is 0 Å². The van der Waals surface area contributed by atoms with E-state index in [1.165, 1.54) is 0 Å². The Morgan fingerprint density at radius 2 is 2.07 bits per heavy atom. The lowest BCUT2D eigenvalue weighted by Crippen LogP contribution is -2.41. The number of nitrogens with zero attached hydrogens (tertiary/aromatic N) is 2. The molecule has 0 amide bonds. The maximum atomic E-state index is 11.6. The van der Waals surface area contributed by atoms with Crippen molar-refractivity contribution in [1.82, 2.24) is 4.31 Å². The predicted molar refractivity (Wildman–Crippen MR) is 56.8 cm³/mol. The Bertz CT molecular complexity index is 444. The second-order valence-electron chi connectivity index (χ2n) is 3.46. The zero-order chi connectivity index (χ0) is 10.1. The summed E-state index contributed by atoms with van der Waals surface area (Å²) in [5.74, 6) is 0. The second kappa shape index (κ2) is 3.63. The molecule has 3 nitrogen and oxygen atoms in total. The molecule has 0 aromatic heterocycles. The van der Waals surface area contributed by atoms with Gasteiger partial charge in [0.25, 0.3) is 0 Å². The molecule has 4 heteroatoms. The van der Waals surface area contributed by atoms with E-state index in [4.69, 9.17) is 0 Å². The van der Waals surface area contributed by atoms with Gasteiger partial charge in [0.1, 0.15) is 5.36 Å². The topological polar surface area (TPSA) is 38.7 Å². The van der Waals surface area contributed by atoms with Crippen LogP contribution in [-0.4, -0.2) is 14.9 Å². The Hall–Kier alpha value is -1.00.